The number of rotatable bonds is 8. The van der Waals surface area contributed by atoms with Gasteiger partial charge in [0.15, 0.2) is 36.6 Å². The van der Waals surface area contributed by atoms with Gasteiger partial charge in [0.25, 0.3) is 0 Å². The maximum atomic E-state index is 8.46. The highest BCUT2D eigenvalue weighted by molar-refractivity contribution is 6.12. The molecule has 10 nitrogen and oxygen atoms in total. The number of aryl methyl sites for hydroxylation is 11. The second-order valence-corrected chi connectivity index (χ2v) is 29.4. The predicted octanol–water partition coefficient (Wildman–Crippen LogP) is 23.6. The molecule has 111 heavy (non-hydrogen) atoms. The van der Waals surface area contributed by atoms with Crippen LogP contribution in [-0.2, 0) is 35.2 Å². The van der Waals surface area contributed by atoms with E-state index in [1.807, 2.05) is 91.5 Å². The van der Waals surface area contributed by atoms with Crippen molar-refractivity contribution in [3.05, 3.63) is 336 Å². The lowest BCUT2D eigenvalue weighted by atomic mass is 9.97. The van der Waals surface area contributed by atoms with Crippen LogP contribution in [0.3, 0.4) is 0 Å². The molecule has 10 heterocycles. The number of furan rings is 4. The Kier molecular flexibility index (Phi) is 19.4. The van der Waals surface area contributed by atoms with Gasteiger partial charge in [-0.25, -0.2) is 27.8 Å². The van der Waals surface area contributed by atoms with Gasteiger partial charge >= 0.3 is 0 Å². The summed E-state index contributed by atoms with van der Waals surface area (Å²) < 4.78 is 67.0. The highest BCUT2D eigenvalue weighted by Gasteiger charge is 2.26. The first-order chi connectivity index (χ1) is 55.3. The van der Waals surface area contributed by atoms with Gasteiger partial charge in [0.05, 0.1) is 22.3 Å². The van der Waals surface area contributed by atoms with Gasteiger partial charge in [-0.2, -0.15) is 0 Å². The number of hydrogen-bond acceptors (Lipinski definition) is 5. The molecular formula is C101H95N6O4+5. The highest BCUT2D eigenvalue weighted by Crippen LogP contribution is 2.42. The Balaban J connectivity index is 0.000000114. The summed E-state index contributed by atoms with van der Waals surface area (Å²) in [4.78, 5) is 4.33. The average Bonchev–Trinajstić information content (AvgIpc) is 1.71. The second kappa shape index (κ2) is 31.3. The maximum Gasteiger partial charge on any atom is 0.227 e. The molecule has 0 aliphatic heterocycles. The lowest BCUT2D eigenvalue weighted by molar-refractivity contribution is -0.660. The lowest BCUT2D eigenvalue weighted by Gasteiger charge is -2.09. The van der Waals surface area contributed by atoms with E-state index in [2.05, 4.69) is 301 Å². The quantitative estimate of drug-likeness (QED) is 0.142. The number of aromatic nitrogens is 6. The van der Waals surface area contributed by atoms with Crippen LogP contribution in [-0.4, -0.2) is 4.98 Å². The monoisotopic (exact) mass is 1460 g/mol. The van der Waals surface area contributed by atoms with Crippen LogP contribution in [0.15, 0.2) is 310 Å². The van der Waals surface area contributed by atoms with Gasteiger partial charge in [-0.05, 0) is 152 Å². The van der Waals surface area contributed by atoms with Gasteiger partial charge in [0, 0.05) is 120 Å². The molecule has 0 N–H and O–H groups in total. The standard InChI is InChI=1S/2C22H22NO.C20H20N.C19H16NO.C18H15N2O/c2*1-14(2)16-11-12-23(4)19(13-16)21-15(3)9-10-18-17-7-5-6-8-20(17)24-22(18)21;1-15-9-7-8-12-18(15)20-13-16(2)19(14-21(20)3)17-10-5-4-6-11-17;1-13-10-11-15-14-7-3-4-9-17(14)21-19(15)18(13)16-8-5-6-12-20(16)2;1-12-8-9-13-14-6-5-10-19-18(14)21-17(13)16(12)15-7-3-4-11-20(15)2/h2*5-14H,1-4H3;4-14H,1-3H3;3-12H,1-2H3;3-11H,1-2H3/q5*+1/i1D3,14D;;;;. The van der Waals surface area contributed by atoms with Crippen molar-refractivity contribution in [2.45, 2.75) is 81.0 Å². The summed E-state index contributed by atoms with van der Waals surface area (Å²) in [6.45, 7) is 16.2. The Bertz CT molecular complexity index is 6720. The molecule has 10 heteroatoms. The SMILES string of the molecule is Cc1cc(-c2ccccc2C)[n+](C)cc1-c1ccccc1.Cc1ccc2c(oc3ccccc32)c1-c1cc(C(C)C)cc[n+]1C.Cc1ccc2c(oc3ccccc32)c1-c1cccc[n+]1C.Cc1ccc2c(oc3ncccc32)c1-c1cccc[n+]1C.[2H]C([2H])([2H])C([2H])(C)c1cc[n+](C)c(-c2c(C)ccc3c2oc2ccccc23)c1. The summed E-state index contributed by atoms with van der Waals surface area (Å²) in [7, 11) is 10.2. The largest absolute Gasteiger partial charge is 0.455 e. The van der Waals surface area contributed by atoms with E-state index in [4.69, 9.17) is 23.2 Å². The van der Waals surface area contributed by atoms with Gasteiger partial charge in [-0.1, -0.05) is 179 Å². The Morgan fingerprint density at radius 1 is 0.315 bits per heavy atom. The smallest absolute Gasteiger partial charge is 0.227 e. The summed E-state index contributed by atoms with van der Waals surface area (Å²) in [5.41, 5.74) is 30.0. The minimum atomic E-state index is -2.43. The first-order valence-electron chi connectivity index (χ1n) is 39.9. The maximum absolute atomic E-state index is 8.46. The summed E-state index contributed by atoms with van der Waals surface area (Å²) >= 11 is 0. The van der Waals surface area contributed by atoms with E-state index in [0.717, 1.165) is 88.7 Å². The molecule has 19 rings (SSSR count). The molecule has 1 unspecified atom stereocenters. The number of hydrogen-bond donors (Lipinski definition) is 0. The third kappa shape index (κ3) is 14.5. The second-order valence-electron chi connectivity index (χ2n) is 29.4. The van der Waals surface area contributed by atoms with Gasteiger partial charge in [-0.3, -0.25) is 0 Å². The van der Waals surface area contributed by atoms with Crippen molar-refractivity contribution in [1.29, 1.82) is 0 Å². The van der Waals surface area contributed by atoms with Crippen LogP contribution in [0, 0.1) is 41.5 Å². The van der Waals surface area contributed by atoms with Crippen LogP contribution in [0.5, 0.6) is 0 Å². The molecule has 0 amide bonds. The number of pyridine rings is 6. The Hall–Kier alpha value is -12.9. The van der Waals surface area contributed by atoms with Crippen molar-refractivity contribution in [2.24, 2.45) is 35.2 Å². The van der Waals surface area contributed by atoms with Gasteiger partial charge < -0.3 is 17.7 Å². The molecule has 0 aliphatic carbocycles. The number of nitrogens with zero attached hydrogens (tertiary/aromatic N) is 6. The van der Waals surface area contributed by atoms with Crippen LogP contribution in [0.25, 0.3) is 155 Å². The van der Waals surface area contributed by atoms with Gasteiger partial charge in [-0.15, -0.1) is 0 Å². The van der Waals surface area contributed by atoms with Crippen LogP contribution < -0.4 is 22.8 Å². The van der Waals surface area contributed by atoms with E-state index in [0.29, 0.717) is 17.2 Å². The molecule has 0 aliphatic rings. The van der Waals surface area contributed by atoms with Crippen molar-refractivity contribution >= 4 is 87.9 Å². The molecule has 548 valence electrons. The third-order valence-electron chi connectivity index (χ3n) is 21.4. The van der Waals surface area contributed by atoms with E-state index in [1.54, 1.807) is 18.3 Å². The van der Waals surface area contributed by atoms with Crippen molar-refractivity contribution in [1.82, 2.24) is 4.98 Å². The van der Waals surface area contributed by atoms with E-state index in [1.165, 1.54) is 107 Å². The molecule has 10 aromatic heterocycles. The molecule has 0 saturated carbocycles. The molecule has 0 spiro atoms. The summed E-state index contributed by atoms with van der Waals surface area (Å²) in [6.07, 6.45) is 12.1. The fourth-order valence-electron chi connectivity index (χ4n) is 15.3. The van der Waals surface area contributed by atoms with Gasteiger partial charge in [0.2, 0.25) is 34.2 Å². The Labute approximate surface area is 655 Å². The molecule has 19 aromatic rings. The molecule has 1 atom stereocenters. The van der Waals surface area contributed by atoms with Crippen LogP contribution >= 0.6 is 0 Å². The molecule has 0 radical (unpaired) electrons. The van der Waals surface area contributed by atoms with Crippen molar-refractivity contribution in [3.63, 3.8) is 0 Å². The van der Waals surface area contributed by atoms with E-state index >= 15 is 0 Å². The zero-order chi connectivity index (χ0) is 80.7. The van der Waals surface area contributed by atoms with Crippen LogP contribution in [0.1, 0.15) is 89.4 Å². The number of para-hydroxylation sites is 3. The predicted molar refractivity (Wildman–Crippen MR) is 454 cm³/mol. The minimum Gasteiger partial charge on any atom is -0.455 e. The normalized spacial score (nSPS) is 12.5. The first kappa shape index (κ1) is 68.6. The number of fused-ring (bicyclic) bond motifs is 12. The molecule has 0 saturated heterocycles. The zero-order valence-electron chi connectivity index (χ0n) is 69.6. The van der Waals surface area contributed by atoms with Gasteiger partial charge in [0.1, 0.15) is 68.7 Å². The first-order valence-corrected chi connectivity index (χ1v) is 37.9. The summed E-state index contributed by atoms with van der Waals surface area (Å²) in [5, 5.41) is 8.95. The summed E-state index contributed by atoms with van der Waals surface area (Å²) in [5.74, 6) is -1.20. The molecular weight excluding hydrogens is 1360 g/mol. The third-order valence-corrected chi connectivity index (χ3v) is 21.4. The van der Waals surface area contributed by atoms with E-state index < -0.39 is 12.7 Å². The molecule has 9 aromatic carbocycles. The van der Waals surface area contributed by atoms with Crippen LogP contribution in [0.2, 0.25) is 0 Å². The average molecular weight is 1460 g/mol. The molecule has 0 fully saturated rings. The van der Waals surface area contributed by atoms with E-state index in [9.17, 15) is 0 Å². The topological polar surface area (TPSA) is 84.8 Å². The van der Waals surface area contributed by atoms with Crippen LogP contribution in [0.4, 0.5) is 0 Å². The van der Waals surface area contributed by atoms with Crippen molar-refractivity contribution in [2.75, 3.05) is 0 Å². The highest BCUT2D eigenvalue weighted by atomic mass is 16.3. The minimum absolute atomic E-state index is 0.452. The van der Waals surface area contributed by atoms with E-state index in [-0.39, 0.29) is 0 Å². The van der Waals surface area contributed by atoms with Crippen molar-refractivity contribution < 1.29 is 46.0 Å². The fourth-order valence-corrected chi connectivity index (χ4v) is 15.3. The van der Waals surface area contributed by atoms with Crippen molar-refractivity contribution in [3.8, 4) is 67.4 Å². The lowest BCUT2D eigenvalue weighted by Crippen LogP contribution is -2.31. The Morgan fingerprint density at radius 2 is 0.721 bits per heavy atom. The fraction of sp³-hybridized carbons (Fsp3) is 0.168. The number of benzene rings is 9. The molecule has 0 bridgehead atoms. The zero-order valence-corrected chi connectivity index (χ0v) is 65.6. The summed E-state index contributed by atoms with van der Waals surface area (Å²) in [6, 6.07) is 87.2. The Morgan fingerprint density at radius 3 is 1.20 bits per heavy atom.